The first kappa shape index (κ1) is 21.0. The van der Waals surface area contributed by atoms with E-state index in [0.29, 0.717) is 5.75 Å². The third-order valence-corrected chi connectivity index (χ3v) is 3.54. The first-order chi connectivity index (χ1) is 13.3. The quantitative estimate of drug-likeness (QED) is 0.234. The topological polar surface area (TPSA) is 146 Å². The van der Waals surface area contributed by atoms with Crippen molar-refractivity contribution in [2.75, 3.05) is 0 Å². The Kier molecular flexibility index (Phi) is 7.19. The fraction of sp³-hybridized carbons (Fsp3) is 0.471. The van der Waals surface area contributed by atoms with Crippen molar-refractivity contribution in [1.82, 2.24) is 0 Å². The van der Waals surface area contributed by atoms with E-state index in [2.05, 4.69) is 10.0 Å². The minimum absolute atomic E-state index is 0.358. The number of rotatable bonds is 6. The molecule has 0 aliphatic carbocycles. The van der Waals surface area contributed by atoms with Crippen LogP contribution in [0.25, 0.3) is 10.4 Å². The van der Waals surface area contributed by atoms with Crippen molar-refractivity contribution in [2.24, 2.45) is 5.11 Å². The fourth-order valence-electron chi connectivity index (χ4n) is 2.63. The number of carbonyl (C=O) groups excluding carboxylic acids is 3. The molecule has 1 aliphatic rings. The van der Waals surface area contributed by atoms with Gasteiger partial charge in [-0.15, -0.1) is 0 Å². The summed E-state index contributed by atoms with van der Waals surface area (Å²) < 4.78 is 26.9. The molecule has 1 heterocycles. The lowest BCUT2D eigenvalue weighted by molar-refractivity contribution is -0.282. The van der Waals surface area contributed by atoms with Gasteiger partial charge in [-0.05, 0) is 17.7 Å². The highest BCUT2D eigenvalue weighted by molar-refractivity contribution is 5.68. The molecule has 11 heteroatoms. The lowest BCUT2D eigenvalue weighted by Gasteiger charge is -2.42. The number of ether oxygens (including phenoxy) is 5. The molecule has 0 amide bonds. The number of azide groups is 1. The Labute approximate surface area is 160 Å². The molecular formula is C17H19N3O8. The smallest absolute Gasteiger partial charge is 0.303 e. The summed E-state index contributed by atoms with van der Waals surface area (Å²) in [4.78, 5) is 37.4. The van der Waals surface area contributed by atoms with E-state index < -0.39 is 48.7 Å². The third kappa shape index (κ3) is 5.60. The average Bonchev–Trinajstić information content (AvgIpc) is 2.61. The predicted molar refractivity (Wildman–Crippen MR) is 91.5 cm³/mol. The number of benzene rings is 1. The molecule has 2 rings (SSSR count). The van der Waals surface area contributed by atoms with E-state index in [0.717, 1.165) is 20.8 Å². The van der Waals surface area contributed by atoms with E-state index in [1.807, 2.05) is 0 Å². The molecule has 0 aromatic heterocycles. The standard InChI is InChI=1S/C17H19N3O8/c1-9(21)24-13-14(25-10(2)22)16(19-20-18)28-17(15(13)26-11(3)23)27-12-7-5-4-6-8-12/h4-8,13-17H,1-3H3/t13-,14-,15+,16-,17+/m0/s1. The lowest BCUT2D eigenvalue weighted by Crippen LogP contribution is -2.62. The van der Waals surface area contributed by atoms with Gasteiger partial charge in [-0.1, -0.05) is 23.3 Å². The van der Waals surface area contributed by atoms with Gasteiger partial charge in [-0.3, -0.25) is 14.4 Å². The summed E-state index contributed by atoms with van der Waals surface area (Å²) in [5.41, 5.74) is 8.83. The van der Waals surface area contributed by atoms with Crippen LogP contribution in [0.5, 0.6) is 5.75 Å². The van der Waals surface area contributed by atoms with E-state index in [1.165, 1.54) is 0 Å². The molecule has 11 nitrogen and oxygen atoms in total. The maximum absolute atomic E-state index is 11.6. The summed E-state index contributed by atoms with van der Waals surface area (Å²) in [6, 6.07) is 8.41. The van der Waals surface area contributed by atoms with Crippen LogP contribution < -0.4 is 4.74 Å². The van der Waals surface area contributed by atoms with Crippen molar-refractivity contribution in [3.63, 3.8) is 0 Å². The number of para-hydroxylation sites is 1. The minimum atomic E-state index is -1.39. The second-order valence-electron chi connectivity index (χ2n) is 5.75. The molecule has 0 N–H and O–H groups in total. The number of esters is 3. The summed E-state index contributed by atoms with van der Waals surface area (Å²) in [5.74, 6) is -1.83. The molecule has 5 atom stereocenters. The number of carbonyl (C=O) groups is 3. The van der Waals surface area contributed by atoms with Gasteiger partial charge in [-0.2, -0.15) is 0 Å². The van der Waals surface area contributed by atoms with E-state index in [1.54, 1.807) is 30.3 Å². The zero-order valence-corrected chi connectivity index (χ0v) is 15.4. The van der Waals surface area contributed by atoms with Crippen LogP contribution in [0.3, 0.4) is 0 Å². The lowest BCUT2D eigenvalue weighted by atomic mass is 10.0. The zero-order chi connectivity index (χ0) is 20.7. The van der Waals surface area contributed by atoms with Gasteiger partial charge in [0.25, 0.3) is 0 Å². The Hall–Kier alpha value is -3.30. The molecule has 0 unspecified atom stereocenters. The second-order valence-corrected chi connectivity index (χ2v) is 5.75. The summed E-state index contributed by atoms with van der Waals surface area (Å²) in [7, 11) is 0. The molecule has 0 spiro atoms. The van der Waals surface area contributed by atoms with Crippen molar-refractivity contribution in [2.45, 2.75) is 51.6 Å². The van der Waals surface area contributed by atoms with Crippen LogP contribution in [0.1, 0.15) is 20.8 Å². The highest BCUT2D eigenvalue weighted by Gasteiger charge is 2.52. The van der Waals surface area contributed by atoms with Crippen molar-refractivity contribution in [3.05, 3.63) is 40.8 Å². The van der Waals surface area contributed by atoms with Gasteiger partial charge < -0.3 is 23.7 Å². The van der Waals surface area contributed by atoms with E-state index >= 15 is 0 Å². The van der Waals surface area contributed by atoms with Gasteiger partial charge in [0.1, 0.15) is 5.75 Å². The summed E-state index contributed by atoms with van der Waals surface area (Å²) >= 11 is 0. The van der Waals surface area contributed by atoms with Gasteiger partial charge in [0.15, 0.2) is 18.4 Å². The van der Waals surface area contributed by atoms with Crippen LogP contribution in [0.15, 0.2) is 35.4 Å². The van der Waals surface area contributed by atoms with Crippen LogP contribution >= 0.6 is 0 Å². The second kappa shape index (κ2) is 9.58. The number of nitrogens with zero attached hydrogens (tertiary/aromatic N) is 3. The van der Waals surface area contributed by atoms with E-state index in [-0.39, 0.29) is 0 Å². The van der Waals surface area contributed by atoms with Gasteiger partial charge in [0, 0.05) is 25.7 Å². The fourth-order valence-corrected chi connectivity index (χ4v) is 2.63. The van der Waals surface area contributed by atoms with Crippen LogP contribution in [0.4, 0.5) is 0 Å². The van der Waals surface area contributed by atoms with Crippen molar-refractivity contribution < 1.29 is 38.1 Å². The molecule has 28 heavy (non-hydrogen) atoms. The van der Waals surface area contributed by atoms with Gasteiger partial charge in [-0.25, -0.2) is 0 Å². The molecule has 0 radical (unpaired) electrons. The first-order valence-electron chi connectivity index (χ1n) is 8.25. The maximum atomic E-state index is 11.6. The molecule has 1 aliphatic heterocycles. The van der Waals surface area contributed by atoms with Gasteiger partial charge in [0.05, 0.1) is 0 Å². The Morgan fingerprint density at radius 1 is 0.929 bits per heavy atom. The van der Waals surface area contributed by atoms with E-state index in [9.17, 15) is 14.4 Å². The highest BCUT2D eigenvalue weighted by Crippen LogP contribution is 2.31. The summed E-state index contributed by atoms with van der Waals surface area (Å²) in [5, 5.41) is 3.45. The maximum Gasteiger partial charge on any atom is 0.303 e. The van der Waals surface area contributed by atoms with Crippen LogP contribution in [0, 0.1) is 0 Å². The largest absolute Gasteiger partial charge is 0.461 e. The number of hydrogen-bond acceptors (Lipinski definition) is 9. The highest BCUT2D eigenvalue weighted by atomic mass is 16.7. The first-order valence-corrected chi connectivity index (χ1v) is 8.25. The molecule has 0 bridgehead atoms. The Morgan fingerprint density at radius 2 is 1.46 bits per heavy atom. The molecule has 1 aromatic carbocycles. The van der Waals surface area contributed by atoms with Crippen LogP contribution in [-0.4, -0.2) is 48.7 Å². The summed E-state index contributed by atoms with van der Waals surface area (Å²) in [6.45, 7) is 3.39. The van der Waals surface area contributed by atoms with E-state index in [4.69, 9.17) is 29.2 Å². The van der Waals surface area contributed by atoms with Gasteiger partial charge in [0.2, 0.25) is 12.4 Å². The number of hydrogen-bond donors (Lipinski definition) is 0. The third-order valence-electron chi connectivity index (χ3n) is 3.54. The summed E-state index contributed by atoms with van der Waals surface area (Å²) in [6.07, 6.45) is -6.67. The normalized spacial score (nSPS) is 26.3. The molecule has 1 saturated heterocycles. The van der Waals surface area contributed by atoms with Crippen LogP contribution in [0.2, 0.25) is 0 Å². The monoisotopic (exact) mass is 393 g/mol. The Morgan fingerprint density at radius 3 is 2.00 bits per heavy atom. The molecule has 150 valence electrons. The van der Waals surface area contributed by atoms with Gasteiger partial charge >= 0.3 is 17.9 Å². The van der Waals surface area contributed by atoms with Crippen molar-refractivity contribution >= 4 is 17.9 Å². The molecule has 1 aromatic rings. The minimum Gasteiger partial charge on any atom is -0.461 e. The SMILES string of the molecule is CC(=O)O[C@@H]1[C@@H](OC(C)=O)[C@H](Oc2ccccc2)O[C@H](N=[N+]=[N-])[C@H]1OC(C)=O. The Bertz CT molecular complexity index is 765. The molecule has 0 saturated carbocycles. The molecular weight excluding hydrogens is 374 g/mol. The Balaban J connectivity index is 2.44. The molecule has 1 fully saturated rings. The van der Waals surface area contributed by atoms with Crippen LogP contribution in [-0.2, 0) is 33.3 Å². The zero-order valence-electron chi connectivity index (χ0n) is 15.4. The van der Waals surface area contributed by atoms with Crippen molar-refractivity contribution in [3.8, 4) is 5.75 Å². The average molecular weight is 393 g/mol. The predicted octanol–water partition coefficient (Wildman–Crippen LogP) is 1.85. The van der Waals surface area contributed by atoms with Crippen molar-refractivity contribution in [1.29, 1.82) is 0 Å².